The standard InChI is InChI=1S/C22H22N4O3/c1-23-22(29)18-10-8-16(9-11-18)14-25(2)21(28)15-26-20(27)13-12-19(24-26)17-6-4-3-5-7-17/h3-13H,14-15H2,1-2H3,(H,23,29). The third-order valence-corrected chi connectivity index (χ3v) is 4.51. The lowest BCUT2D eigenvalue weighted by Crippen LogP contribution is -2.34. The van der Waals surface area contributed by atoms with Crippen molar-refractivity contribution in [3.05, 3.63) is 88.2 Å². The fraction of sp³-hybridized carbons (Fsp3) is 0.182. The average molecular weight is 390 g/mol. The number of nitrogens with one attached hydrogen (secondary N) is 1. The Hall–Kier alpha value is -3.74. The van der Waals surface area contributed by atoms with Gasteiger partial charge in [0.15, 0.2) is 0 Å². The van der Waals surface area contributed by atoms with E-state index in [0.717, 1.165) is 11.1 Å². The van der Waals surface area contributed by atoms with Crippen molar-refractivity contribution in [1.29, 1.82) is 0 Å². The summed E-state index contributed by atoms with van der Waals surface area (Å²) < 4.78 is 1.18. The van der Waals surface area contributed by atoms with Crippen LogP contribution >= 0.6 is 0 Å². The molecule has 7 heteroatoms. The Morgan fingerprint density at radius 2 is 1.69 bits per heavy atom. The molecule has 1 aromatic heterocycles. The molecule has 3 rings (SSSR count). The van der Waals surface area contributed by atoms with E-state index in [1.165, 1.54) is 15.6 Å². The Morgan fingerprint density at radius 1 is 1.00 bits per heavy atom. The first kappa shape index (κ1) is 20.0. The molecule has 0 fully saturated rings. The SMILES string of the molecule is CNC(=O)c1ccc(CN(C)C(=O)Cn2nc(-c3ccccc3)ccc2=O)cc1. The smallest absolute Gasteiger partial charge is 0.267 e. The van der Waals surface area contributed by atoms with E-state index in [9.17, 15) is 14.4 Å². The number of carbonyl (C=O) groups is 2. The van der Waals surface area contributed by atoms with Crippen LogP contribution in [-0.4, -0.2) is 40.6 Å². The van der Waals surface area contributed by atoms with Crippen LogP contribution in [0.25, 0.3) is 11.3 Å². The van der Waals surface area contributed by atoms with E-state index in [1.807, 2.05) is 30.3 Å². The number of nitrogens with zero attached hydrogens (tertiary/aromatic N) is 3. The molecule has 0 aliphatic carbocycles. The van der Waals surface area contributed by atoms with E-state index in [2.05, 4.69) is 10.4 Å². The van der Waals surface area contributed by atoms with Crippen molar-refractivity contribution in [1.82, 2.24) is 20.0 Å². The van der Waals surface area contributed by atoms with Crippen LogP contribution in [-0.2, 0) is 17.9 Å². The van der Waals surface area contributed by atoms with Gasteiger partial charge in [-0.2, -0.15) is 5.10 Å². The highest BCUT2D eigenvalue weighted by atomic mass is 16.2. The van der Waals surface area contributed by atoms with Gasteiger partial charge in [-0.1, -0.05) is 42.5 Å². The molecule has 0 aliphatic rings. The number of carbonyl (C=O) groups excluding carboxylic acids is 2. The van der Waals surface area contributed by atoms with Gasteiger partial charge in [-0.05, 0) is 23.8 Å². The maximum Gasteiger partial charge on any atom is 0.267 e. The average Bonchev–Trinajstić information content (AvgIpc) is 2.75. The molecular formula is C22H22N4O3. The minimum Gasteiger partial charge on any atom is -0.355 e. The first-order valence-electron chi connectivity index (χ1n) is 9.16. The molecule has 148 valence electrons. The summed E-state index contributed by atoms with van der Waals surface area (Å²) in [6.45, 7) is 0.215. The van der Waals surface area contributed by atoms with Crippen molar-refractivity contribution in [2.24, 2.45) is 0 Å². The molecule has 1 N–H and O–H groups in total. The summed E-state index contributed by atoms with van der Waals surface area (Å²) in [5, 5.41) is 6.89. The minimum atomic E-state index is -0.332. The van der Waals surface area contributed by atoms with Crippen molar-refractivity contribution in [3.63, 3.8) is 0 Å². The Labute approximate surface area is 168 Å². The van der Waals surface area contributed by atoms with Gasteiger partial charge < -0.3 is 10.2 Å². The summed E-state index contributed by atoms with van der Waals surface area (Å²) in [6, 6.07) is 19.6. The molecule has 0 saturated carbocycles. The molecule has 1 heterocycles. The lowest BCUT2D eigenvalue weighted by Gasteiger charge is -2.18. The van der Waals surface area contributed by atoms with E-state index < -0.39 is 0 Å². The third kappa shape index (κ3) is 4.95. The second kappa shape index (κ2) is 8.97. The Bertz CT molecular complexity index is 1060. The van der Waals surface area contributed by atoms with Gasteiger partial charge in [-0.25, -0.2) is 4.68 Å². The molecular weight excluding hydrogens is 368 g/mol. The van der Waals surface area contributed by atoms with Crippen molar-refractivity contribution in [3.8, 4) is 11.3 Å². The zero-order chi connectivity index (χ0) is 20.8. The van der Waals surface area contributed by atoms with Crippen LogP contribution in [0.5, 0.6) is 0 Å². The molecule has 2 amide bonds. The topological polar surface area (TPSA) is 84.3 Å². The lowest BCUT2D eigenvalue weighted by molar-refractivity contribution is -0.131. The zero-order valence-corrected chi connectivity index (χ0v) is 16.3. The first-order valence-corrected chi connectivity index (χ1v) is 9.16. The van der Waals surface area contributed by atoms with Crippen LogP contribution in [0.2, 0.25) is 0 Å². The van der Waals surface area contributed by atoms with Crippen LogP contribution in [0.3, 0.4) is 0 Å². The molecule has 0 spiro atoms. The predicted octanol–water partition coefficient (Wildman–Crippen LogP) is 1.93. The number of likely N-dealkylation sites (N-methyl/N-ethyl adjacent to an activating group) is 1. The van der Waals surface area contributed by atoms with Crippen molar-refractivity contribution in [2.75, 3.05) is 14.1 Å². The molecule has 3 aromatic rings. The van der Waals surface area contributed by atoms with Crippen molar-refractivity contribution >= 4 is 11.8 Å². The van der Waals surface area contributed by atoms with Crippen molar-refractivity contribution in [2.45, 2.75) is 13.1 Å². The normalized spacial score (nSPS) is 10.4. The van der Waals surface area contributed by atoms with Gasteiger partial charge in [-0.15, -0.1) is 0 Å². The lowest BCUT2D eigenvalue weighted by atomic mass is 10.1. The highest BCUT2D eigenvalue weighted by molar-refractivity contribution is 5.93. The molecule has 2 aromatic carbocycles. The highest BCUT2D eigenvalue weighted by Crippen LogP contribution is 2.14. The molecule has 0 saturated heterocycles. The minimum absolute atomic E-state index is 0.146. The predicted molar refractivity (Wildman–Crippen MR) is 110 cm³/mol. The Morgan fingerprint density at radius 3 is 2.34 bits per heavy atom. The third-order valence-electron chi connectivity index (χ3n) is 4.51. The van der Waals surface area contributed by atoms with E-state index in [0.29, 0.717) is 17.8 Å². The van der Waals surface area contributed by atoms with Crippen molar-refractivity contribution < 1.29 is 9.59 Å². The van der Waals surface area contributed by atoms with Gasteiger partial charge in [-0.3, -0.25) is 14.4 Å². The fourth-order valence-electron chi connectivity index (χ4n) is 2.84. The molecule has 0 radical (unpaired) electrons. The van der Waals surface area contributed by atoms with Crippen LogP contribution in [0.15, 0.2) is 71.5 Å². The zero-order valence-electron chi connectivity index (χ0n) is 16.3. The largest absolute Gasteiger partial charge is 0.355 e. The monoisotopic (exact) mass is 390 g/mol. The van der Waals surface area contributed by atoms with Crippen LogP contribution in [0.4, 0.5) is 0 Å². The number of benzene rings is 2. The second-order valence-electron chi connectivity index (χ2n) is 6.61. The highest BCUT2D eigenvalue weighted by Gasteiger charge is 2.13. The maximum atomic E-state index is 12.6. The van der Waals surface area contributed by atoms with Crippen LogP contribution in [0.1, 0.15) is 15.9 Å². The van der Waals surface area contributed by atoms with Gasteiger partial charge in [0.05, 0.1) is 5.69 Å². The molecule has 29 heavy (non-hydrogen) atoms. The number of aromatic nitrogens is 2. The van der Waals surface area contributed by atoms with E-state index in [4.69, 9.17) is 0 Å². The van der Waals surface area contributed by atoms with E-state index in [-0.39, 0.29) is 23.9 Å². The summed E-state index contributed by atoms with van der Waals surface area (Å²) in [5.74, 6) is -0.398. The summed E-state index contributed by atoms with van der Waals surface area (Å²) in [4.78, 5) is 37.9. The Kier molecular flexibility index (Phi) is 6.19. The fourth-order valence-corrected chi connectivity index (χ4v) is 2.84. The van der Waals surface area contributed by atoms with Gasteiger partial charge >= 0.3 is 0 Å². The summed E-state index contributed by atoms with van der Waals surface area (Å²) in [7, 11) is 3.24. The number of rotatable bonds is 6. The number of amides is 2. The second-order valence-corrected chi connectivity index (χ2v) is 6.61. The molecule has 7 nitrogen and oxygen atoms in total. The molecule has 0 unspecified atom stereocenters. The summed E-state index contributed by atoms with van der Waals surface area (Å²) in [6.07, 6.45) is 0. The molecule has 0 atom stereocenters. The number of hydrogen-bond donors (Lipinski definition) is 1. The summed E-state index contributed by atoms with van der Waals surface area (Å²) in [5.41, 5.74) is 2.61. The molecule has 0 aliphatic heterocycles. The molecule has 0 bridgehead atoms. The van der Waals surface area contributed by atoms with Gasteiger partial charge in [0.25, 0.3) is 11.5 Å². The number of hydrogen-bond acceptors (Lipinski definition) is 4. The van der Waals surface area contributed by atoms with Gasteiger partial charge in [0.1, 0.15) is 6.54 Å². The van der Waals surface area contributed by atoms with Crippen LogP contribution in [0, 0.1) is 0 Å². The quantitative estimate of drug-likeness (QED) is 0.697. The summed E-state index contributed by atoms with van der Waals surface area (Å²) >= 11 is 0. The van der Waals surface area contributed by atoms with E-state index in [1.54, 1.807) is 44.4 Å². The first-order chi connectivity index (χ1) is 14.0. The van der Waals surface area contributed by atoms with Crippen LogP contribution < -0.4 is 10.9 Å². The Balaban J connectivity index is 1.69. The van der Waals surface area contributed by atoms with Gasteiger partial charge in [0, 0.05) is 37.8 Å². The van der Waals surface area contributed by atoms with E-state index >= 15 is 0 Å². The maximum absolute atomic E-state index is 12.6. The van der Waals surface area contributed by atoms with Gasteiger partial charge in [0.2, 0.25) is 5.91 Å².